The van der Waals surface area contributed by atoms with E-state index in [0.717, 1.165) is 49.8 Å². The van der Waals surface area contributed by atoms with Crippen molar-refractivity contribution in [3.05, 3.63) is 42.1 Å². The number of nitrogens with zero attached hydrogens (tertiary/aromatic N) is 6. The van der Waals surface area contributed by atoms with Crippen molar-refractivity contribution in [2.75, 3.05) is 44.2 Å². The summed E-state index contributed by atoms with van der Waals surface area (Å²) in [5, 5.41) is 13.8. The van der Waals surface area contributed by atoms with E-state index in [4.69, 9.17) is 10.2 Å². The van der Waals surface area contributed by atoms with Crippen LogP contribution in [0.1, 0.15) is 5.69 Å². The lowest BCUT2D eigenvalue weighted by Gasteiger charge is -2.35. The maximum absolute atomic E-state index is 9.10. The molecule has 1 saturated heterocycles. The van der Waals surface area contributed by atoms with Crippen molar-refractivity contribution in [3.63, 3.8) is 0 Å². The maximum Gasteiger partial charge on any atom is 0.254 e. The lowest BCUT2D eigenvalue weighted by atomic mass is 10.2. The Morgan fingerprint density at radius 3 is 2.52 bits per heavy atom. The molecule has 1 aliphatic heterocycles. The molecule has 7 nitrogen and oxygen atoms in total. The molecular weight excluding hydrogens is 316 g/mol. The first kappa shape index (κ1) is 16.0. The van der Waals surface area contributed by atoms with E-state index in [-0.39, 0.29) is 6.61 Å². The van der Waals surface area contributed by atoms with Gasteiger partial charge in [-0.15, -0.1) is 5.10 Å². The Bertz CT molecular complexity index is 855. The fourth-order valence-corrected chi connectivity index (χ4v) is 3.24. The van der Waals surface area contributed by atoms with E-state index in [0.29, 0.717) is 11.6 Å². The SMILES string of the molecule is Cc1cc(N2CCN(CCO)CC2)n2nc(-c3ccccc3)nc2n1. The Labute approximate surface area is 146 Å². The van der Waals surface area contributed by atoms with Crippen molar-refractivity contribution in [2.24, 2.45) is 0 Å². The lowest BCUT2D eigenvalue weighted by molar-refractivity contribution is 0.188. The molecule has 3 aromatic rings. The molecule has 1 fully saturated rings. The molecule has 0 amide bonds. The van der Waals surface area contributed by atoms with Gasteiger partial charge in [-0.1, -0.05) is 30.3 Å². The molecule has 0 bridgehead atoms. The Morgan fingerprint density at radius 2 is 1.80 bits per heavy atom. The minimum atomic E-state index is 0.210. The third-order valence-electron chi connectivity index (χ3n) is 4.57. The smallest absolute Gasteiger partial charge is 0.254 e. The first-order valence-corrected chi connectivity index (χ1v) is 8.62. The largest absolute Gasteiger partial charge is 0.395 e. The Morgan fingerprint density at radius 1 is 1.04 bits per heavy atom. The molecule has 1 N–H and O–H groups in total. The standard InChI is InChI=1S/C18H22N6O/c1-14-13-16(23-9-7-22(8-10-23)11-12-25)24-18(19-14)20-17(21-24)15-5-3-2-4-6-15/h2-6,13,25H,7-12H2,1H3. The first-order chi connectivity index (χ1) is 12.2. The van der Waals surface area contributed by atoms with Gasteiger partial charge in [0.15, 0.2) is 5.82 Å². The number of β-amino-alcohol motifs (C(OH)–C–C–N with tert-alkyl or cyclic N) is 1. The zero-order chi connectivity index (χ0) is 17.2. The second-order valence-electron chi connectivity index (χ2n) is 6.32. The van der Waals surface area contributed by atoms with Crippen molar-refractivity contribution < 1.29 is 5.11 Å². The summed E-state index contributed by atoms with van der Waals surface area (Å²) in [7, 11) is 0. The zero-order valence-electron chi connectivity index (χ0n) is 14.3. The summed E-state index contributed by atoms with van der Waals surface area (Å²) in [6, 6.07) is 12.0. The van der Waals surface area contributed by atoms with Crippen LogP contribution in [-0.4, -0.2) is 68.9 Å². The van der Waals surface area contributed by atoms with Crippen LogP contribution in [-0.2, 0) is 0 Å². The number of aryl methyl sites for hydroxylation is 1. The summed E-state index contributed by atoms with van der Waals surface area (Å²) >= 11 is 0. The predicted octanol–water partition coefficient (Wildman–Crippen LogP) is 1.21. The maximum atomic E-state index is 9.10. The summed E-state index contributed by atoms with van der Waals surface area (Å²) in [4.78, 5) is 13.7. The highest BCUT2D eigenvalue weighted by Gasteiger charge is 2.21. The molecule has 0 unspecified atom stereocenters. The van der Waals surface area contributed by atoms with E-state index >= 15 is 0 Å². The van der Waals surface area contributed by atoms with Crippen LogP contribution in [0.2, 0.25) is 0 Å². The summed E-state index contributed by atoms with van der Waals surface area (Å²) in [5.41, 5.74) is 1.93. The van der Waals surface area contributed by atoms with Gasteiger partial charge in [0.05, 0.1) is 6.61 Å². The van der Waals surface area contributed by atoms with Gasteiger partial charge in [0, 0.05) is 50.0 Å². The number of aliphatic hydroxyl groups is 1. The van der Waals surface area contributed by atoms with E-state index in [1.165, 1.54) is 0 Å². The lowest BCUT2D eigenvalue weighted by Crippen LogP contribution is -2.47. The fraction of sp³-hybridized carbons (Fsp3) is 0.389. The molecule has 0 saturated carbocycles. The van der Waals surface area contributed by atoms with Crippen molar-refractivity contribution in [3.8, 4) is 11.4 Å². The van der Waals surface area contributed by atoms with Crippen LogP contribution in [0.4, 0.5) is 5.82 Å². The molecule has 7 heteroatoms. The number of rotatable bonds is 4. The van der Waals surface area contributed by atoms with Crippen LogP contribution < -0.4 is 4.90 Å². The summed E-state index contributed by atoms with van der Waals surface area (Å²) in [6.45, 7) is 6.61. The quantitative estimate of drug-likeness (QED) is 0.771. The number of aromatic nitrogens is 4. The molecule has 25 heavy (non-hydrogen) atoms. The van der Waals surface area contributed by atoms with Gasteiger partial charge >= 0.3 is 0 Å². The number of aliphatic hydroxyl groups excluding tert-OH is 1. The summed E-state index contributed by atoms with van der Waals surface area (Å²) in [5.74, 6) is 2.35. The Balaban J connectivity index is 1.68. The van der Waals surface area contributed by atoms with Crippen molar-refractivity contribution in [1.82, 2.24) is 24.5 Å². The number of hydrogen-bond donors (Lipinski definition) is 1. The molecule has 1 aliphatic rings. The topological polar surface area (TPSA) is 69.8 Å². The van der Waals surface area contributed by atoms with Gasteiger partial charge in [0.25, 0.3) is 5.78 Å². The van der Waals surface area contributed by atoms with Crippen molar-refractivity contribution in [1.29, 1.82) is 0 Å². The highest BCUT2D eigenvalue weighted by Crippen LogP contribution is 2.21. The van der Waals surface area contributed by atoms with Gasteiger partial charge in [0.1, 0.15) is 5.82 Å². The van der Waals surface area contributed by atoms with E-state index in [2.05, 4.69) is 25.8 Å². The number of piperazine rings is 1. The summed E-state index contributed by atoms with van der Waals surface area (Å²) in [6.07, 6.45) is 0. The molecule has 0 spiro atoms. The number of anilines is 1. The van der Waals surface area contributed by atoms with Crippen LogP contribution in [0.25, 0.3) is 17.2 Å². The molecule has 2 aromatic heterocycles. The van der Waals surface area contributed by atoms with Gasteiger partial charge in [-0.25, -0.2) is 4.98 Å². The van der Waals surface area contributed by atoms with E-state index in [1.54, 1.807) is 0 Å². The molecule has 3 heterocycles. The number of benzene rings is 1. The molecule has 0 radical (unpaired) electrons. The average Bonchev–Trinajstić information content (AvgIpc) is 3.07. The van der Waals surface area contributed by atoms with Crippen molar-refractivity contribution in [2.45, 2.75) is 6.92 Å². The Kier molecular flexibility index (Phi) is 4.33. The minimum absolute atomic E-state index is 0.210. The van der Waals surface area contributed by atoms with E-state index < -0.39 is 0 Å². The normalized spacial score (nSPS) is 15.8. The van der Waals surface area contributed by atoms with Crippen molar-refractivity contribution >= 4 is 11.6 Å². The number of fused-ring (bicyclic) bond motifs is 1. The van der Waals surface area contributed by atoms with Crippen LogP contribution in [0.5, 0.6) is 0 Å². The van der Waals surface area contributed by atoms with E-state index in [9.17, 15) is 0 Å². The Hall–Kier alpha value is -2.51. The number of hydrogen-bond acceptors (Lipinski definition) is 6. The highest BCUT2D eigenvalue weighted by molar-refractivity contribution is 5.58. The summed E-state index contributed by atoms with van der Waals surface area (Å²) < 4.78 is 1.84. The molecule has 1 aromatic carbocycles. The van der Waals surface area contributed by atoms with E-state index in [1.807, 2.05) is 41.8 Å². The molecular formula is C18H22N6O. The molecule has 0 aliphatic carbocycles. The molecule has 0 atom stereocenters. The monoisotopic (exact) mass is 338 g/mol. The van der Waals surface area contributed by atoms with Gasteiger partial charge in [-0.3, -0.25) is 4.90 Å². The predicted molar refractivity (Wildman–Crippen MR) is 96.7 cm³/mol. The molecule has 130 valence electrons. The fourth-order valence-electron chi connectivity index (χ4n) is 3.24. The highest BCUT2D eigenvalue weighted by atomic mass is 16.3. The van der Waals surface area contributed by atoms with Crippen LogP contribution >= 0.6 is 0 Å². The third kappa shape index (κ3) is 3.20. The first-order valence-electron chi connectivity index (χ1n) is 8.62. The van der Waals surface area contributed by atoms with Gasteiger partial charge in [-0.05, 0) is 6.92 Å². The molecule has 4 rings (SSSR count). The van der Waals surface area contributed by atoms with Gasteiger partial charge in [0.2, 0.25) is 0 Å². The zero-order valence-corrected chi connectivity index (χ0v) is 14.3. The third-order valence-corrected chi connectivity index (χ3v) is 4.57. The second-order valence-corrected chi connectivity index (χ2v) is 6.32. The second kappa shape index (κ2) is 6.78. The van der Waals surface area contributed by atoms with Crippen LogP contribution in [0, 0.1) is 6.92 Å². The van der Waals surface area contributed by atoms with Crippen LogP contribution in [0.3, 0.4) is 0 Å². The van der Waals surface area contributed by atoms with Gasteiger partial charge in [-0.2, -0.15) is 9.50 Å². The minimum Gasteiger partial charge on any atom is -0.395 e. The average molecular weight is 338 g/mol. The van der Waals surface area contributed by atoms with Gasteiger partial charge < -0.3 is 10.0 Å². The van der Waals surface area contributed by atoms with Crippen LogP contribution in [0.15, 0.2) is 36.4 Å².